The quantitative estimate of drug-likeness (QED) is 0.410. The molecule has 0 bridgehead atoms. The minimum Gasteiger partial charge on any atom is -0.494 e. The average Bonchev–Trinajstić information content (AvgIpc) is 3.23. The van der Waals surface area contributed by atoms with Gasteiger partial charge in [0.15, 0.2) is 11.8 Å². The van der Waals surface area contributed by atoms with Crippen LogP contribution in [0.4, 0.5) is 5.69 Å². The molecule has 1 aromatic heterocycles. The summed E-state index contributed by atoms with van der Waals surface area (Å²) in [6.45, 7) is 0. The molecule has 0 radical (unpaired) electrons. The normalized spacial score (nSPS) is 15.4. The van der Waals surface area contributed by atoms with Gasteiger partial charge in [0.1, 0.15) is 4.99 Å². The van der Waals surface area contributed by atoms with Gasteiger partial charge in [-0.05, 0) is 6.07 Å². The Morgan fingerprint density at radius 1 is 1.00 bits per heavy atom. The van der Waals surface area contributed by atoms with Gasteiger partial charge in [-0.25, -0.2) is 9.47 Å². The SMILES string of the molecule is NC(=S)c1c2c(cc(N3C(=O)C=CC3=O)c1-n1c(O)ccc1O)C(=O)NC2=O. The average molecular weight is 398 g/mol. The van der Waals surface area contributed by atoms with Crippen LogP contribution in [-0.4, -0.2) is 43.4 Å². The summed E-state index contributed by atoms with van der Waals surface area (Å²) in [7, 11) is 0. The number of rotatable bonds is 3. The number of nitrogens with one attached hydrogen (secondary N) is 1. The summed E-state index contributed by atoms with van der Waals surface area (Å²) in [6.07, 6.45) is 2.03. The van der Waals surface area contributed by atoms with Gasteiger partial charge < -0.3 is 15.9 Å². The van der Waals surface area contributed by atoms with Crippen molar-refractivity contribution in [3.8, 4) is 17.4 Å². The molecule has 3 heterocycles. The summed E-state index contributed by atoms with van der Waals surface area (Å²) in [4.78, 5) is 49.4. The zero-order valence-corrected chi connectivity index (χ0v) is 14.6. The maximum atomic E-state index is 12.3. The third-order valence-electron chi connectivity index (χ3n) is 4.34. The standard InChI is InChI=1S/C17H10N4O6S/c18-15(28)13-12-6(16(26)19-17(12)27)5-7(20-8(22)1-2-9(20)23)14(13)21-10(24)3-4-11(21)25/h1-5,24-25H,(H2,18,28)(H,19,26,27). The van der Waals surface area contributed by atoms with E-state index >= 15 is 0 Å². The topological polar surface area (TPSA) is 155 Å². The Balaban J connectivity index is 2.19. The summed E-state index contributed by atoms with van der Waals surface area (Å²) in [5.41, 5.74) is 4.91. The second-order valence-corrected chi connectivity index (χ2v) is 6.36. The number of fused-ring (bicyclic) bond motifs is 1. The number of carbonyl (C=O) groups excluding carboxylic acids is 4. The van der Waals surface area contributed by atoms with E-state index in [9.17, 15) is 29.4 Å². The summed E-state index contributed by atoms with van der Waals surface area (Å²) in [5.74, 6) is -3.97. The summed E-state index contributed by atoms with van der Waals surface area (Å²) in [5, 5.41) is 22.5. The molecule has 4 rings (SSSR count). The number of aromatic hydroxyl groups is 2. The lowest BCUT2D eigenvalue weighted by molar-refractivity contribution is -0.120. The lowest BCUT2D eigenvalue weighted by Crippen LogP contribution is -2.32. The number of hydrogen-bond donors (Lipinski definition) is 4. The van der Waals surface area contributed by atoms with Gasteiger partial charge in [-0.15, -0.1) is 0 Å². The van der Waals surface area contributed by atoms with E-state index in [1.54, 1.807) is 0 Å². The Hall–Kier alpha value is -3.99. The fraction of sp³-hybridized carbons (Fsp3) is 0. The third kappa shape index (κ3) is 2.23. The van der Waals surface area contributed by atoms with Gasteiger partial charge in [-0.1, -0.05) is 12.2 Å². The Morgan fingerprint density at radius 2 is 1.57 bits per heavy atom. The van der Waals surface area contributed by atoms with E-state index in [4.69, 9.17) is 18.0 Å². The molecule has 140 valence electrons. The number of imide groups is 2. The van der Waals surface area contributed by atoms with Gasteiger partial charge in [-0.3, -0.25) is 24.5 Å². The molecule has 0 atom stereocenters. The van der Waals surface area contributed by atoms with E-state index in [2.05, 4.69) is 5.32 Å². The van der Waals surface area contributed by atoms with Crippen LogP contribution in [-0.2, 0) is 9.59 Å². The van der Waals surface area contributed by atoms with Gasteiger partial charge in [-0.2, -0.15) is 0 Å². The molecule has 1 aromatic carbocycles. The second-order valence-electron chi connectivity index (χ2n) is 5.92. The summed E-state index contributed by atoms with van der Waals surface area (Å²) in [6, 6.07) is 3.42. The first-order chi connectivity index (χ1) is 13.2. The Morgan fingerprint density at radius 3 is 2.11 bits per heavy atom. The second kappa shape index (κ2) is 5.76. The zero-order valence-electron chi connectivity index (χ0n) is 13.8. The number of carbonyl (C=O) groups is 4. The monoisotopic (exact) mass is 398 g/mol. The van der Waals surface area contributed by atoms with E-state index in [0.717, 1.165) is 34.9 Å². The summed E-state index contributed by atoms with van der Waals surface area (Å²) < 4.78 is 0.860. The van der Waals surface area contributed by atoms with Crippen LogP contribution in [0.5, 0.6) is 11.8 Å². The molecule has 0 saturated heterocycles. The number of aromatic nitrogens is 1. The van der Waals surface area contributed by atoms with Crippen molar-refractivity contribution in [3.63, 3.8) is 0 Å². The molecule has 0 spiro atoms. The van der Waals surface area contributed by atoms with Crippen LogP contribution in [0.25, 0.3) is 5.69 Å². The maximum Gasteiger partial charge on any atom is 0.259 e. The van der Waals surface area contributed by atoms with Gasteiger partial charge >= 0.3 is 0 Å². The van der Waals surface area contributed by atoms with E-state index in [1.807, 2.05) is 0 Å². The molecule has 0 saturated carbocycles. The van der Waals surface area contributed by atoms with Gasteiger partial charge in [0.2, 0.25) is 0 Å². The largest absolute Gasteiger partial charge is 0.494 e. The van der Waals surface area contributed by atoms with Gasteiger partial charge in [0, 0.05) is 29.8 Å². The predicted octanol–water partition coefficient (Wildman–Crippen LogP) is -0.164. The molecular weight excluding hydrogens is 388 g/mol. The molecule has 0 aliphatic carbocycles. The lowest BCUT2D eigenvalue weighted by Gasteiger charge is -2.23. The fourth-order valence-electron chi connectivity index (χ4n) is 3.23. The van der Waals surface area contributed by atoms with E-state index < -0.39 is 35.4 Å². The molecule has 11 heteroatoms. The van der Waals surface area contributed by atoms with Crippen molar-refractivity contribution in [2.45, 2.75) is 0 Å². The zero-order chi connectivity index (χ0) is 20.3. The van der Waals surface area contributed by atoms with Crippen molar-refractivity contribution < 1.29 is 29.4 Å². The molecule has 2 aliphatic heterocycles. The molecule has 2 aromatic rings. The number of benzene rings is 1. The first-order valence-electron chi connectivity index (χ1n) is 7.75. The molecule has 2 aliphatic rings. The smallest absolute Gasteiger partial charge is 0.259 e. The van der Waals surface area contributed by atoms with E-state index in [-0.39, 0.29) is 33.1 Å². The molecular formula is C17H10N4O6S. The number of amides is 4. The van der Waals surface area contributed by atoms with E-state index in [1.165, 1.54) is 0 Å². The molecule has 0 unspecified atom stereocenters. The van der Waals surface area contributed by atoms with E-state index in [0.29, 0.717) is 4.90 Å². The lowest BCUT2D eigenvalue weighted by atomic mass is 9.97. The van der Waals surface area contributed by atoms with Crippen LogP contribution >= 0.6 is 12.2 Å². The van der Waals surface area contributed by atoms with Crippen molar-refractivity contribution in [3.05, 3.63) is 47.0 Å². The Labute approximate surface area is 161 Å². The van der Waals surface area contributed by atoms with Gasteiger partial charge in [0.05, 0.1) is 22.5 Å². The summed E-state index contributed by atoms with van der Waals surface area (Å²) >= 11 is 5.04. The van der Waals surface area contributed by atoms with Crippen LogP contribution in [0.15, 0.2) is 30.4 Å². The van der Waals surface area contributed by atoms with Crippen molar-refractivity contribution in [1.29, 1.82) is 0 Å². The number of nitrogens with zero attached hydrogens (tertiary/aromatic N) is 2. The van der Waals surface area contributed by atoms with Crippen molar-refractivity contribution >= 4 is 46.5 Å². The Bertz CT molecular complexity index is 1140. The van der Waals surface area contributed by atoms with Crippen molar-refractivity contribution in [2.75, 3.05) is 4.90 Å². The van der Waals surface area contributed by atoms with Crippen molar-refractivity contribution in [1.82, 2.24) is 9.88 Å². The predicted molar refractivity (Wildman–Crippen MR) is 98.4 cm³/mol. The minimum atomic E-state index is -0.793. The van der Waals surface area contributed by atoms with Crippen LogP contribution in [0.3, 0.4) is 0 Å². The first kappa shape index (κ1) is 17.4. The molecule has 10 nitrogen and oxygen atoms in total. The molecule has 28 heavy (non-hydrogen) atoms. The Kier molecular flexibility index (Phi) is 3.58. The highest BCUT2D eigenvalue weighted by atomic mass is 32.1. The fourth-order valence-corrected chi connectivity index (χ4v) is 3.42. The van der Waals surface area contributed by atoms with Crippen LogP contribution in [0, 0.1) is 0 Å². The number of thiocarbonyl (C=S) groups is 1. The van der Waals surface area contributed by atoms with Gasteiger partial charge in [0.25, 0.3) is 23.6 Å². The van der Waals surface area contributed by atoms with Crippen molar-refractivity contribution in [2.24, 2.45) is 5.73 Å². The van der Waals surface area contributed by atoms with Crippen LogP contribution in [0.2, 0.25) is 0 Å². The number of hydrogen-bond acceptors (Lipinski definition) is 7. The number of nitrogens with two attached hydrogens (primary N) is 1. The maximum absolute atomic E-state index is 12.3. The highest BCUT2D eigenvalue weighted by Gasteiger charge is 2.38. The molecule has 5 N–H and O–H groups in total. The molecule has 0 fully saturated rings. The highest BCUT2D eigenvalue weighted by Crippen LogP contribution is 2.40. The molecule has 4 amide bonds. The van der Waals surface area contributed by atoms with Crippen LogP contribution in [0.1, 0.15) is 26.3 Å². The highest BCUT2D eigenvalue weighted by molar-refractivity contribution is 7.80. The number of anilines is 1. The third-order valence-corrected chi connectivity index (χ3v) is 4.54. The first-order valence-corrected chi connectivity index (χ1v) is 8.16. The van der Waals surface area contributed by atoms with Crippen LogP contribution < -0.4 is 16.0 Å². The minimum absolute atomic E-state index is 0.148.